The summed E-state index contributed by atoms with van der Waals surface area (Å²) in [5, 5.41) is 2.17. The van der Waals surface area contributed by atoms with Gasteiger partial charge in [-0.05, 0) is 32.9 Å². The number of carbonyl (C=O) groups is 1. The SMILES string of the molecule is CC(C)(C)OC(=O)N1CCN(c2cc[nH]c3cnc4nccc4c23)CC1. The van der Waals surface area contributed by atoms with Crippen LogP contribution in [-0.4, -0.2) is 57.7 Å². The van der Waals surface area contributed by atoms with Crippen molar-refractivity contribution in [3.05, 3.63) is 30.7 Å². The van der Waals surface area contributed by atoms with Crippen LogP contribution in [-0.2, 0) is 4.74 Å². The molecule has 4 heterocycles. The summed E-state index contributed by atoms with van der Waals surface area (Å²) in [7, 11) is 0. The van der Waals surface area contributed by atoms with E-state index in [1.165, 1.54) is 0 Å². The van der Waals surface area contributed by atoms with E-state index in [1.807, 2.05) is 39.2 Å². The van der Waals surface area contributed by atoms with Gasteiger partial charge in [0.1, 0.15) is 5.60 Å². The van der Waals surface area contributed by atoms with Crippen LogP contribution < -0.4 is 4.90 Å². The first kappa shape index (κ1) is 16.6. The average molecular weight is 353 g/mol. The first-order valence-corrected chi connectivity index (χ1v) is 8.86. The number of carbonyl (C=O) groups excluding carboxylic acids is 1. The number of anilines is 1. The molecule has 1 amide bonds. The van der Waals surface area contributed by atoms with Crippen molar-refractivity contribution in [3.63, 3.8) is 0 Å². The molecule has 0 unspecified atom stereocenters. The maximum Gasteiger partial charge on any atom is 0.410 e. The number of fused-ring (bicyclic) bond motifs is 3. The number of aromatic nitrogens is 3. The van der Waals surface area contributed by atoms with Crippen molar-refractivity contribution in [3.8, 4) is 0 Å². The lowest BCUT2D eigenvalue weighted by atomic mass is 10.1. The lowest BCUT2D eigenvalue weighted by Gasteiger charge is -2.37. The molecule has 7 heteroatoms. The topological polar surface area (TPSA) is 74.3 Å². The number of H-pyrrole nitrogens is 1. The largest absolute Gasteiger partial charge is 0.444 e. The van der Waals surface area contributed by atoms with E-state index in [0.29, 0.717) is 13.1 Å². The Morgan fingerprint density at radius 3 is 2.65 bits per heavy atom. The van der Waals surface area contributed by atoms with Crippen LogP contribution in [0.25, 0.3) is 21.9 Å². The number of piperazine rings is 1. The summed E-state index contributed by atoms with van der Waals surface area (Å²) in [5.41, 5.74) is 2.41. The van der Waals surface area contributed by atoms with Crippen molar-refractivity contribution in [1.29, 1.82) is 0 Å². The molecule has 3 aromatic heterocycles. The minimum atomic E-state index is -0.469. The van der Waals surface area contributed by atoms with Gasteiger partial charge in [0.15, 0.2) is 5.65 Å². The van der Waals surface area contributed by atoms with Gasteiger partial charge in [0, 0.05) is 55.0 Å². The summed E-state index contributed by atoms with van der Waals surface area (Å²) in [5.74, 6) is 0. The number of nitrogens with one attached hydrogen (secondary N) is 1. The molecule has 0 radical (unpaired) electrons. The average Bonchev–Trinajstić information content (AvgIpc) is 3.09. The smallest absolute Gasteiger partial charge is 0.410 e. The highest BCUT2D eigenvalue weighted by Crippen LogP contribution is 2.31. The second kappa shape index (κ2) is 6.16. The molecule has 1 aliphatic heterocycles. The highest BCUT2D eigenvalue weighted by molar-refractivity contribution is 6.10. The zero-order valence-corrected chi connectivity index (χ0v) is 15.3. The molecule has 7 nitrogen and oxygen atoms in total. The van der Waals surface area contributed by atoms with E-state index < -0.39 is 5.60 Å². The third kappa shape index (κ3) is 3.05. The third-order valence-electron chi connectivity index (χ3n) is 4.54. The van der Waals surface area contributed by atoms with Gasteiger partial charge in [-0.25, -0.2) is 14.8 Å². The van der Waals surface area contributed by atoms with Gasteiger partial charge < -0.3 is 19.5 Å². The molecule has 0 bridgehead atoms. The Labute approximate surface area is 152 Å². The maximum absolute atomic E-state index is 12.3. The lowest BCUT2D eigenvalue weighted by molar-refractivity contribution is 0.0240. The fourth-order valence-corrected chi connectivity index (χ4v) is 3.36. The quantitative estimate of drug-likeness (QED) is 0.727. The summed E-state index contributed by atoms with van der Waals surface area (Å²) in [6.45, 7) is 8.47. The molecule has 0 aromatic carbocycles. The fraction of sp³-hybridized carbons (Fsp3) is 0.421. The summed E-state index contributed by atoms with van der Waals surface area (Å²) in [6.07, 6.45) is 5.30. The highest BCUT2D eigenvalue weighted by Gasteiger charge is 2.26. The summed E-state index contributed by atoms with van der Waals surface area (Å²) >= 11 is 0. The van der Waals surface area contributed by atoms with Gasteiger partial charge in [-0.2, -0.15) is 0 Å². The molecule has 4 rings (SSSR count). The fourth-order valence-electron chi connectivity index (χ4n) is 3.36. The van der Waals surface area contributed by atoms with Crippen LogP contribution in [0.5, 0.6) is 0 Å². The van der Waals surface area contributed by atoms with Gasteiger partial charge in [0.2, 0.25) is 0 Å². The molecular formula is C19H23N5O2. The van der Waals surface area contributed by atoms with Gasteiger partial charge in [0.25, 0.3) is 0 Å². The first-order chi connectivity index (χ1) is 12.4. The van der Waals surface area contributed by atoms with E-state index in [2.05, 4.69) is 25.9 Å². The normalized spacial score (nSPS) is 15.7. The van der Waals surface area contributed by atoms with Gasteiger partial charge >= 0.3 is 6.09 Å². The van der Waals surface area contributed by atoms with Crippen LogP contribution >= 0.6 is 0 Å². The number of rotatable bonds is 1. The molecule has 1 fully saturated rings. The molecule has 26 heavy (non-hydrogen) atoms. The molecule has 0 saturated carbocycles. The van der Waals surface area contributed by atoms with Gasteiger partial charge in [-0.3, -0.25) is 0 Å². The Morgan fingerprint density at radius 2 is 1.92 bits per heavy atom. The molecular weight excluding hydrogens is 330 g/mol. The van der Waals surface area contributed by atoms with Gasteiger partial charge in [0.05, 0.1) is 11.7 Å². The monoisotopic (exact) mass is 353 g/mol. The van der Waals surface area contributed by atoms with Crippen LogP contribution in [0.1, 0.15) is 20.8 Å². The Balaban J connectivity index is 1.58. The summed E-state index contributed by atoms with van der Waals surface area (Å²) < 4.78 is 5.48. The zero-order chi connectivity index (χ0) is 18.3. The number of ether oxygens (including phenoxy) is 1. The van der Waals surface area contributed by atoms with Crippen molar-refractivity contribution in [1.82, 2.24) is 19.9 Å². The molecule has 136 valence electrons. The molecule has 0 spiro atoms. The number of hydrogen-bond acceptors (Lipinski definition) is 5. The molecule has 1 aliphatic rings. The first-order valence-electron chi connectivity index (χ1n) is 8.86. The van der Waals surface area contributed by atoms with Crippen molar-refractivity contribution in [2.45, 2.75) is 26.4 Å². The van der Waals surface area contributed by atoms with E-state index in [-0.39, 0.29) is 6.09 Å². The number of aromatic amines is 1. The van der Waals surface area contributed by atoms with Crippen LogP contribution in [0, 0.1) is 0 Å². The van der Waals surface area contributed by atoms with Crippen molar-refractivity contribution in [2.24, 2.45) is 0 Å². The van der Waals surface area contributed by atoms with Crippen LogP contribution in [0.15, 0.2) is 30.7 Å². The third-order valence-corrected chi connectivity index (χ3v) is 4.54. The Morgan fingerprint density at radius 1 is 1.15 bits per heavy atom. The van der Waals surface area contributed by atoms with Crippen molar-refractivity contribution in [2.75, 3.05) is 31.1 Å². The number of hydrogen-bond donors (Lipinski definition) is 1. The number of pyridine rings is 2. The van der Waals surface area contributed by atoms with E-state index in [4.69, 9.17) is 4.74 Å². The van der Waals surface area contributed by atoms with Crippen LogP contribution in [0.2, 0.25) is 0 Å². The molecule has 3 aromatic rings. The second-order valence-electron chi connectivity index (χ2n) is 7.55. The summed E-state index contributed by atoms with van der Waals surface area (Å²) in [6, 6.07) is 4.08. The van der Waals surface area contributed by atoms with Gasteiger partial charge in [-0.15, -0.1) is 0 Å². The Bertz CT molecular complexity index is 951. The standard InChI is InChI=1S/C19H23N5O2/c1-19(2,3)26-18(25)24-10-8-23(9-11-24)15-5-7-20-14-12-22-17-13(16(14)15)4-6-21-17/h4-7,12,20H,8-11H2,1-3H3. The molecule has 1 saturated heterocycles. The lowest BCUT2D eigenvalue weighted by Crippen LogP contribution is -2.50. The van der Waals surface area contributed by atoms with Crippen molar-refractivity contribution < 1.29 is 9.53 Å². The Hall–Kier alpha value is -2.83. The molecule has 0 atom stereocenters. The summed E-state index contributed by atoms with van der Waals surface area (Å²) in [4.78, 5) is 28.3. The maximum atomic E-state index is 12.3. The van der Waals surface area contributed by atoms with Crippen LogP contribution in [0.3, 0.4) is 0 Å². The minimum absolute atomic E-state index is 0.241. The minimum Gasteiger partial charge on any atom is -0.444 e. The predicted molar refractivity (Wildman–Crippen MR) is 101 cm³/mol. The van der Waals surface area contributed by atoms with Crippen molar-refractivity contribution >= 4 is 33.7 Å². The molecule has 1 N–H and O–H groups in total. The second-order valence-corrected chi connectivity index (χ2v) is 7.55. The van der Waals surface area contributed by atoms with E-state index in [1.54, 1.807) is 11.1 Å². The zero-order valence-electron chi connectivity index (χ0n) is 15.3. The van der Waals surface area contributed by atoms with Gasteiger partial charge in [-0.1, -0.05) is 0 Å². The Kier molecular flexibility index (Phi) is 3.94. The van der Waals surface area contributed by atoms with E-state index >= 15 is 0 Å². The van der Waals surface area contributed by atoms with E-state index in [0.717, 1.165) is 40.7 Å². The predicted octanol–water partition coefficient (Wildman–Crippen LogP) is 3.17. The molecule has 0 aliphatic carbocycles. The van der Waals surface area contributed by atoms with E-state index in [9.17, 15) is 4.79 Å². The highest BCUT2D eigenvalue weighted by atomic mass is 16.6. The van der Waals surface area contributed by atoms with Crippen LogP contribution in [0.4, 0.5) is 10.5 Å². The number of nitrogens with zero attached hydrogens (tertiary/aromatic N) is 4. The number of amides is 1.